The summed E-state index contributed by atoms with van der Waals surface area (Å²) in [6, 6.07) is 0.446. The largest absolute Gasteiger partial charge is 0.476 e. The van der Waals surface area contributed by atoms with Gasteiger partial charge in [0.25, 0.3) is 6.01 Å². The van der Waals surface area contributed by atoms with E-state index in [-0.39, 0.29) is 11.7 Å². The van der Waals surface area contributed by atoms with Gasteiger partial charge in [-0.15, -0.1) is 10.2 Å². The van der Waals surface area contributed by atoms with Gasteiger partial charge >= 0.3 is 5.97 Å². The summed E-state index contributed by atoms with van der Waals surface area (Å²) in [4.78, 5) is 23.5. The lowest BCUT2D eigenvalue weighted by Gasteiger charge is -2.39. The van der Waals surface area contributed by atoms with Crippen LogP contribution >= 0.6 is 0 Å². The number of carboxylic acid groups (broad SMARTS) is 1. The van der Waals surface area contributed by atoms with Crippen molar-refractivity contribution >= 4 is 23.4 Å². The summed E-state index contributed by atoms with van der Waals surface area (Å²) in [5.41, 5.74) is 0.622. The molecule has 4 rings (SSSR count). The molecule has 0 amide bonds. The summed E-state index contributed by atoms with van der Waals surface area (Å²) >= 11 is 0. The highest BCUT2D eigenvalue weighted by Gasteiger charge is 2.29. The fourth-order valence-electron chi connectivity index (χ4n) is 2.90. The molecule has 1 atom stereocenters. The van der Waals surface area contributed by atoms with Gasteiger partial charge in [0.2, 0.25) is 5.65 Å². The molecule has 0 spiro atoms. The molecule has 10 heteroatoms. The second kappa shape index (κ2) is 5.48. The van der Waals surface area contributed by atoms with Crippen LogP contribution in [0.2, 0.25) is 0 Å². The van der Waals surface area contributed by atoms with E-state index in [0.29, 0.717) is 31.3 Å². The minimum atomic E-state index is -1.10. The minimum absolute atomic E-state index is 0.0880. The third kappa shape index (κ3) is 2.32. The maximum absolute atomic E-state index is 10.9. The normalized spacial score (nSPS) is 18.3. The Morgan fingerprint density at radius 2 is 2.29 bits per heavy atom. The Balaban J connectivity index is 1.56. The van der Waals surface area contributed by atoms with Crippen LogP contribution in [-0.2, 0) is 0 Å². The van der Waals surface area contributed by atoms with Crippen LogP contribution in [-0.4, -0.2) is 61.3 Å². The van der Waals surface area contributed by atoms with Crippen molar-refractivity contribution in [1.29, 1.82) is 0 Å². The van der Waals surface area contributed by atoms with Crippen molar-refractivity contribution < 1.29 is 14.3 Å². The summed E-state index contributed by atoms with van der Waals surface area (Å²) in [5.74, 6) is -0.319. The van der Waals surface area contributed by atoms with Crippen molar-refractivity contribution in [2.24, 2.45) is 0 Å². The summed E-state index contributed by atoms with van der Waals surface area (Å²) in [5, 5.41) is 17.0. The van der Waals surface area contributed by atoms with Crippen LogP contribution in [0.3, 0.4) is 0 Å². The van der Waals surface area contributed by atoms with Crippen LogP contribution in [0.15, 0.2) is 29.4 Å². The Morgan fingerprint density at radius 3 is 3.04 bits per heavy atom. The molecule has 4 heterocycles. The standard InChI is InChI=1S/C14H15N7O3/c1-9-6-19(14-17-10(7-24-14)13(22)23)4-5-21(9)11-12-18-16-8-20(12)3-2-15-11/h2-3,7-9H,4-6H2,1H3,(H,22,23). The van der Waals surface area contributed by atoms with Gasteiger partial charge in [-0.25, -0.2) is 9.78 Å². The van der Waals surface area contributed by atoms with Gasteiger partial charge in [-0.05, 0) is 6.92 Å². The van der Waals surface area contributed by atoms with Crippen molar-refractivity contribution in [3.63, 3.8) is 0 Å². The zero-order chi connectivity index (χ0) is 16.7. The number of hydrogen-bond acceptors (Lipinski definition) is 8. The van der Waals surface area contributed by atoms with E-state index < -0.39 is 5.97 Å². The van der Waals surface area contributed by atoms with Crippen LogP contribution < -0.4 is 9.80 Å². The van der Waals surface area contributed by atoms with E-state index >= 15 is 0 Å². The number of piperazine rings is 1. The third-order valence-electron chi connectivity index (χ3n) is 4.08. The molecular formula is C14H15N7O3. The molecule has 3 aromatic heterocycles. The number of anilines is 2. The Bertz CT molecular complexity index is 889. The molecule has 0 bridgehead atoms. The molecule has 1 fully saturated rings. The molecule has 0 saturated carbocycles. The smallest absolute Gasteiger partial charge is 0.357 e. The highest BCUT2D eigenvalue weighted by molar-refractivity contribution is 5.85. The molecule has 0 aliphatic carbocycles. The number of nitrogens with zero attached hydrogens (tertiary/aromatic N) is 7. The van der Waals surface area contributed by atoms with Crippen molar-refractivity contribution in [2.75, 3.05) is 29.4 Å². The quantitative estimate of drug-likeness (QED) is 0.734. The molecule has 1 N–H and O–H groups in total. The molecule has 1 unspecified atom stereocenters. The van der Waals surface area contributed by atoms with Crippen molar-refractivity contribution in [2.45, 2.75) is 13.0 Å². The molecule has 1 aliphatic heterocycles. The molecule has 10 nitrogen and oxygen atoms in total. The first kappa shape index (κ1) is 14.4. The Labute approximate surface area is 136 Å². The molecule has 124 valence electrons. The fourth-order valence-corrected chi connectivity index (χ4v) is 2.90. The summed E-state index contributed by atoms with van der Waals surface area (Å²) in [7, 11) is 0. The number of carbonyl (C=O) groups is 1. The van der Waals surface area contributed by atoms with Gasteiger partial charge in [0.05, 0.1) is 0 Å². The molecule has 3 aromatic rings. The van der Waals surface area contributed by atoms with Crippen LogP contribution in [0.25, 0.3) is 5.65 Å². The number of rotatable bonds is 3. The Hall–Kier alpha value is -3.17. The van der Waals surface area contributed by atoms with Gasteiger partial charge in [0.1, 0.15) is 12.6 Å². The first-order chi connectivity index (χ1) is 11.6. The van der Waals surface area contributed by atoms with Gasteiger partial charge in [-0.2, -0.15) is 4.98 Å². The number of hydrogen-bond donors (Lipinski definition) is 1. The van der Waals surface area contributed by atoms with Crippen LogP contribution in [0.4, 0.5) is 11.8 Å². The lowest BCUT2D eigenvalue weighted by molar-refractivity contribution is 0.0690. The summed E-state index contributed by atoms with van der Waals surface area (Å²) in [6.45, 7) is 4.03. The predicted octanol–water partition coefficient (Wildman–Crippen LogP) is 0.526. The third-order valence-corrected chi connectivity index (χ3v) is 4.08. The van der Waals surface area contributed by atoms with Crippen molar-refractivity contribution in [3.8, 4) is 0 Å². The SMILES string of the molecule is CC1CN(c2nc(C(=O)O)co2)CCN1c1nccn2cnnc12. The highest BCUT2D eigenvalue weighted by atomic mass is 16.4. The zero-order valence-electron chi connectivity index (χ0n) is 12.9. The molecule has 1 saturated heterocycles. The van der Waals surface area contributed by atoms with Gasteiger partial charge in [0, 0.05) is 38.1 Å². The van der Waals surface area contributed by atoms with Gasteiger partial charge in [-0.3, -0.25) is 4.40 Å². The van der Waals surface area contributed by atoms with Crippen LogP contribution in [0, 0.1) is 0 Å². The maximum Gasteiger partial charge on any atom is 0.357 e. The van der Waals surface area contributed by atoms with E-state index in [1.54, 1.807) is 18.7 Å². The first-order valence-electron chi connectivity index (χ1n) is 7.48. The van der Waals surface area contributed by atoms with E-state index in [1.165, 1.54) is 0 Å². The van der Waals surface area contributed by atoms with E-state index in [4.69, 9.17) is 9.52 Å². The molecule has 0 aromatic carbocycles. The summed E-state index contributed by atoms with van der Waals surface area (Å²) < 4.78 is 7.11. The number of aromatic nitrogens is 5. The molecular weight excluding hydrogens is 314 g/mol. The fraction of sp³-hybridized carbons (Fsp3) is 0.357. The highest BCUT2D eigenvalue weighted by Crippen LogP contribution is 2.24. The minimum Gasteiger partial charge on any atom is -0.476 e. The van der Waals surface area contributed by atoms with Gasteiger partial charge < -0.3 is 19.3 Å². The maximum atomic E-state index is 10.9. The first-order valence-corrected chi connectivity index (χ1v) is 7.48. The number of carboxylic acids is 1. The second-order valence-electron chi connectivity index (χ2n) is 5.62. The Kier molecular flexibility index (Phi) is 3.29. The van der Waals surface area contributed by atoms with Gasteiger partial charge in [0.15, 0.2) is 11.5 Å². The Morgan fingerprint density at radius 1 is 1.42 bits per heavy atom. The molecule has 0 radical (unpaired) electrons. The summed E-state index contributed by atoms with van der Waals surface area (Å²) in [6.07, 6.45) is 6.33. The average molecular weight is 329 g/mol. The van der Waals surface area contributed by atoms with E-state index in [0.717, 1.165) is 12.1 Å². The average Bonchev–Trinajstić information content (AvgIpc) is 3.24. The topological polar surface area (TPSA) is 113 Å². The number of aromatic carboxylic acids is 1. The van der Waals surface area contributed by atoms with Gasteiger partial charge in [-0.1, -0.05) is 0 Å². The van der Waals surface area contributed by atoms with E-state index in [2.05, 4.69) is 32.0 Å². The van der Waals surface area contributed by atoms with Crippen molar-refractivity contribution in [3.05, 3.63) is 30.7 Å². The predicted molar refractivity (Wildman–Crippen MR) is 83.3 cm³/mol. The number of fused-ring (bicyclic) bond motifs is 1. The monoisotopic (exact) mass is 329 g/mol. The van der Waals surface area contributed by atoms with E-state index in [9.17, 15) is 4.79 Å². The second-order valence-corrected chi connectivity index (χ2v) is 5.62. The zero-order valence-corrected chi connectivity index (χ0v) is 12.9. The van der Waals surface area contributed by atoms with Crippen molar-refractivity contribution in [1.82, 2.24) is 24.6 Å². The lowest BCUT2D eigenvalue weighted by atomic mass is 10.2. The molecule has 24 heavy (non-hydrogen) atoms. The lowest BCUT2D eigenvalue weighted by Crippen LogP contribution is -2.52. The van der Waals surface area contributed by atoms with Crippen LogP contribution in [0.1, 0.15) is 17.4 Å². The number of oxazole rings is 1. The van der Waals surface area contributed by atoms with Crippen LogP contribution in [0.5, 0.6) is 0 Å². The molecule has 1 aliphatic rings. The van der Waals surface area contributed by atoms with E-state index in [1.807, 2.05) is 9.30 Å².